The van der Waals surface area contributed by atoms with E-state index in [9.17, 15) is 4.79 Å². The zero-order chi connectivity index (χ0) is 17.0. The van der Waals surface area contributed by atoms with Crippen LogP contribution in [0.1, 0.15) is 25.3 Å². The Morgan fingerprint density at radius 2 is 1.79 bits per heavy atom. The molecule has 0 unspecified atom stereocenters. The van der Waals surface area contributed by atoms with Crippen molar-refractivity contribution in [2.45, 2.75) is 26.3 Å². The van der Waals surface area contributed by atoms with E-state index in [1.54, 1.807) is 6.92 Å². The zero-order valence-corrected chi connectivity index (χ0v) is 14.0. The van der Waals surface area contributed by atoms with Gasteiger partial charge in [-0.05, 0) is 43.2 Å². The quantitative estimate of drug-likeness (QED) is 0.397. The van der Waals surface area contributed by atoms with Gasteiger partial charge in [0.25, 0.3) is 0 Å². The highest BCUT2D eigenvalue weighted by Gasteiger charge is 2.01. The zero-order valence-electron chi connectivity index (χ0n) is 14.0. The molecule has 0 aromatic heterocycles. The number of rotatable bonds is 10. The molecule has 0 aliphatic heterocycles. The molecule has 5 nitrogen and oxygen atoms in total. The van der Waals surface area contributed by atoms with E-state index < -0.39 is 0 Å². The third-order valence-corrected chi connectivity index (χ3v) is 3.32. The van der Waals surface area contributed by atoms with Crippen LogP contribution in [0.5, 0.6) is 5.75 Å². The van der Waals surface area contributed by atoms with Crippen molar-refractivity contribution in [2.24, 2.45) is 0 Å². The van der Waals surface area contributed by atoms with E-state index >= 15 is 0 Å². The van der Waals surface area contributed by atoms with E-state index in [0.29, 0.717) is 32.6 Å². The Kier molecular flexibility index (Phi) is 7.63. The summed E-state index contributed by atoms with van der Waals surface area (Å²) >= 11 is 0. The van der Waals surface area contributed by atoms with Crippen molar-refractivity contribution in [1.29, 1.82) is 0 Å². The van der Waals surface area contributed by atoms with Gasteiger partial charge in [0.1, 0.15) is 5.75 Å². The molecule has 0 amide bonds. The largest absolute Gasteiger partial charge is 0.494 e. The number of carbonyl (C=O) groups is 1. The maximum atomic E-state index is 11.2. The van der Waals surface area contributed by atoms with Crippen LogP contribution in [0.25, 0.3) is 0 Å². The molecule has 2 aromatic carbocycles. The standard InChI is InChI=1S/C19H24N2O3/c1-2-23-19(22)9-6-14-24-18-12-10-16(11-13-18)15-20-21-17-7-4-3-5-8-17/h3-5,7-8,10-13,20-21H,2,6,9,14-15H2,1H3. The fraction of sp³-hybridized carbons (Fsp3) is 0.316. The second-order valence-corrected chi connectivity index (χ2v) is 5.25. The summed E-state index contributed by atoms with van der Waals surface area (Å²) in [6, 6.07) is 17.8. The topological polar surface area (TPSA) is 59.6 Å². The van der Waals surface area contributed by atoms with E-state index in [-0.39, 0.29) is 5.97 Å². The smallest absolute Gasteiger partial charge is 0.305 e. The van der Waals surface area contributed by atoms with Crippen LogP contribution in [-0.2, 0) is 16.1 Å². The molecule has 128 valence electrons. The number of hydrogen-bond acceptors (Lipinski definition) is 5. The predicted octanol–water partition coefficient (Wildman–Crippen LogP) is 3.53. The maximum absolute atomic E-state index is 11.2. The fourth-order valence-electron chi connectivity index (χ4n) is 2.11. The van der Waals surface area contributed by atoms with Crippen LogP contribution in [0.2, 0.25) is 0 Å². The van der Waals surface area contributed by atoms with Gasteiger partial charge in [-0.25, -0.2) is 5.43 Å². The van der Waals surface area contributed by atoms with Gasteiger partial charge in [0.05, 0.1) is 13.2 Å². The van der Waals surface area contributed by atoms with Crippen LogP contribution in [0.3, 0.4) is 0 Å². The van der Waals surface area contributed by atoms with Crippen LogP contribution in [0.4, 0.5) is 5.69 Å². The third kappa shape index (κ3) is 6.71. The maximum Gasteiger partial charge on any atom is 0.305 e. The van der Waals surface area contributed by atoms with E-state index in [4.69, 9.17) is 9.47 Å². The SMILES string of the molecule is CCOC(=O)CCCOc1ccc(CNNc2ccccc2)cc1. The Morgan fingerprint density at radius 3 is 2.50 bits per heavy atom. The second-order valence-electron chi connectivity index (χ2n) is 5.25. The Labute approximate surface area is 143 Å². The Balaban J connectivity index is 1.64. The van der Waals surface area contributed by atoms with Gasteiger partial charge in [-0.3, -0.25) is 4.79 Å². The molecule has 0 radical (unpaired) electrons. The number of hydrogen-bond donors (Lipinski definition) is 2. The summed E-state index contributed by atoms with van der Waals surface area (Å²) in [4.78, 5) is 11.2. The second kappa shape index (κ2) is 10.3. The van der Waals surface area contributed by atoms with Crippen LogP contribution >= 0.6 is 0 Å². The summed E-state index contributed by atoms with van der Waals surface area (Å²) in [6.45, 7) is 3.44. The van der Waals surface area contributed by atoms with Crippen molar-refractivity contribution >= 4 is 11.7 Å². The normalized spacial score (nSPS) is 10.2. The fourth-order valence-corrected chi connectivity index (χ4v) is 2.11. The lowest BCUT2D eigenvalue weighted by Gasteiger charge is -2.09. The minimum absolute atomic E-state index is 0.173. The predicted molar refractivity (Wildman–Crippen MR) is 94.7 cm³/mol. The van der Waals surface area contributed by atoms with Crippen molar-refractivity contribution in [1.82, 2.24) is 5.43 Å². The van der Waals surface area contributed by atoms with Gasteiger partial charge in [-0.1, -0.05) is 30.3 Å². The molecule has 0 saturated heterocycles. The average molecular weight is 328 g/mol. The lowest BCUT2D eigenvalue weighted by Crippen LogP contribution is -2.20. The van der Waals surface area contributed by atoms with Gasteiger partial charge in [-0.2, -0.15) is 0 Å². The molecule has 24 heavy (non-hydrogen) atoms. The van der Waals surface area contributed by atoms with E-state index in [1.165, 1.54) is 0 Å². The van der Waals surface area contributed by atoms with Gasteiger partial charge >= 0.3 is 5.97 Å². The highest BCUT2D eigenvalue weighted by atomic mass is 16.5. The van der Waals surface area contributed by atoms with Gasteiger partial charge in [-0.15, -0.1) is 0 Å². The van der Waals surface area contributed by atoms with Crippen molar-refractivity contribution in [3.8, 4) is 5.75 Å². The highest BCUT2D eigenvalue weighted by molar-refractivity contribution is 5.69. The molecule has 0 fully saturated rings. The minimum atomic E-state index is -0.173. The lowest BCUT2D eigenvalue weighted by atomic mass is 10.2. The molecular formula is C19H24N2O3. The molecular weight excluding hydrogens is 304 g/mol. The molecule has 0 aliphatic carbocycles. The average Bonchev–Trinajstić information content (AvgIpc) is 2.61. The Hall–Kier alpha value is -2.53. The number of anilines is 1. The monoisotopic (exact) mass is 328 g/mol. The number of carbonyl (C=O) groups excluding carboxylic acids is 1. The van der Waals surface area contributed by atoms with Crippen molar-refractivity contribution < 1.29 is 14.3 Å². The van der Waals surface area contributed by atoms with Gasteiger partial charge in [0.2, 0.25) is 0 Å². The number of ether oxygens (including phenoxy) is 2. The summed E-state index contributed by atoms with van der Waals surface area (Å²) in [7, 11) is 0. The van der Waals surface area contributed by atoms with Crippen molar-refractivity contribution in [3.05, 3.63) is 60.2 Å². The molecule has 0 heterocycles. The van der Waals surface area contributed by atoms with E-state index in [0.717, 1.165) is 17.0 Å². The number of hydrazine groups is 1. The first-order valence-corrected chi connectivity index (χ1v) is 8.19. The van der Waals surface area contributed by atoms with Crippen LogP contribution < -0.4 is 15.6 Å². The molecule has 0 bridgehead atoms. The molecule has 0 saturated carbocycles. The lowest BCUT2D eigenvalue weighted by molar-refractivity contribution is -0.143. The number of para-hydroxylation sites is 1. The van der Waals surface area contributed by atoms with Gasteiger partial charge < -0.3 is 14.9 Å². The molecule has 0 spiro atoms. The Morgan fingerprint density at radius 1 is 1.04 bits per heavy atom. The van der Waals surface area contributed by atoms with E-state index in [1.807, 2.05) is 54.6 Å². The first-order valence-electron chi connectivity index (χ1n) is 8.19. The summed E-state index contributed by atoms with van der Waals surface area (Å²) in [6.07, 6.45) is 1.05. The molecule has 2 rings (SSSR count). The summed E-state index contributed by atoms with van der Waals surface area (Å²) in [5.41, 5.74) is 8.49. The molecule has 0 atom stereocenters. The van der Waals surface area contributed by atoms with Crippen LogP contribution in [0, 0.1) is 0 Å². The first kappa shape index (κ1) is 17.8. The van der Waals surface area contributed by atoms with Crippen molar-refractivity contribution in [3.63, 3.8) is 0 Å². The Bertz CT molecular complexity index is 600. The van der Waals surface area contributed by atoms with Gasteiger partial charge in [0, 0.05) is 18.7 Å². The minimum Gasteiger partial charge on any atom is -0.494 e. The summed E-state index contributed by atoms with van der Waals surface area (Å²) in [5.74, 6) is 0.632. The number of nitrogens with one attached hydrogen (secondary N) is 2. The van der Waals surface area contributed by atoms with Crippen LogP contribution in [0.15, 0.2) is 54.6 Å². The van der Waals surface area contributed by atoms with Crippen LogP contribution in [-0.4, -0.2) is 19.2 Å². The number of benzene rings is 2. The molecule has 0 aliphatic rings. The summed E-state index contributed by atoms with van der Waals surface area (Å²) in [5, 5.41) is 0. The van der Waals surface area contributed by atoms with Gasteiger partial charge in [0.15, 0.2) is 0 Å². The first-order chi connectivity index (χ1) is 11.8. The number of esters is 1. The third-order valence-electron chi connectivity index (χ3n) is 3.32. The molecule has 2 N–H and O–H groups in total. The molecule has 2 aromatic rings. The van der Waals surface area contributed by atoms with Crippen molar-refractivity contribution in [2.75, 3.05) is 18.6 Å². The molecule has 5 heteroatoms. The highest BCUT2D eigenvalue weighted by Crippen LogP contribution is 2.13. The summed E-state index contributed by atoms with van der Waals surface area (Å²) < 4.78 is 10.5. The van der Waals surface area contributed by atoms with E-state index in [2.05, 4.69) is 10.9 Å².